The first-order chi connectivity index (χ1) is 8.08. The van der Waals surface area contributed by atoms with Gasteiger partial charge in [0.25, 0.3) is 0 Å². The Morgan fingerprint density at radius 3 is 1.89 bits per heavy atom. The van der Waals surface area contributed by atoms with E-state index in [2.05, 4.69) is 52.2 Å². The molecule has 3 heteroatoms. The molecule has 0 heterocycles. The van der Waals surface area contributed by atoms with E-state index < -0.39 is 5.54 Å². The second kappa shape index (κ2) is 6.55. The number of amides is 1. The topological polar surface area (TPSA) is 41.1 Å². The van der Waals surface area contributed by atoms with Crippen molar-refractivity contribution in [3.8, 4) is 0 Å². The summed E-state index contributed by atoms with van der Waals surface area (Å²) >= 11 is 0. The van der Waals surface area contributed by atoms with Gasteiger partial charge in [-0.05, 0) is 31.1 Å². The van der Waals surface area contributed by atoms with Gasteiger partial charge in [-0.1, -0.05) is 41.5 Å². The van der Waals surface area contributed by atoms with Gasteiger partial charge in [0.05, 0.1) is 5.54 Å². The molecule has 18 heavy (non-hydrogen) atoms. The number of hydrogen-bond donors (Lipinski definition) is 2. The van der Waals surface area contributed by atoms with Crippen molar-refractivity contribution in [3.63, 3.8) is 0 Å². The van der Waals surface area contributed by atoms with Crippen molar-refractivity contribution in [2.45, 2.75) is 60.9 Å². The van der Waals surface area contributed by atoms with Crippen LogP contribution >= 0.6 is 0 Å². The largest absolute Gasteiger partial charge is 0.355 e. The molecule has 0 fully saturated rings. The predicted octanol–water partition coefficient (Wildman–Crippen LogP) is 2.81. The maximum absolute atomic E-state index is 12.2. The average molecular weight is 256 g/mol. The summed E-state index contributed by atoms with van der Waals surface area (Å²) in [4.78, 5) is 12.2. The molecule has 0 bridgehead atoms. The minimum absolute atomic E-state index is 0.0968. The van der Waals surface area contributed by atoms with Gasteiger partial charge in [-0.25, -0.2) is 0 Å². The van der Waals surface area contributed by atoms with Gasteiger partial charge in [-0.2, -0.15) is 0 Å². The Kier molecular flexibility index (Phi) is 6.35. The van der Waals surface area contributed by atoms with E-state index in [9.17, 15) is 4.79 Å². The first-order valence-corrected chi connectivity index (χ1v) is 7.11. The van der Waals surface area contributed by atoms with Crippen molar-refractivity contribution in [3.05, 3.63) is 0 Å². The molecule has 0 saturated heterocycles. The minimum Gasteiger partial charge on any atom is -0.355 e. The third-order valence-corrected chi connectivity index (χ3v) is 4.44. The third kappa shape index (κ3) is 4.27. The van der Waals surface area contributed by atoms with Crippen LogP contribution in [0, 0.1) is 17.3 Å². The van der Waals surface area contributed by atoms with Crippen LogP contribution in [0.4, 0.5) is 0 Å². The average Bonchev–Trinajstić information content (AvgIpc) is 2.25. The van der Waals surface area contributed by atoms with Crippen LogP contribution < -0.4 is 10.6 Å². The van der Waals surface area contributed by atoms with Gasteiger partial charge in [0.15, 0.2) is 0 Å². The molecule has 0 aromatic carbocycles. The molecule has 2 N–H and O–H groups in total. The van der Waals surface area contributed by atoms with E-state index in [1.165, 1.54) is 0 Å². The highest BCUT2D eigenvalue weighted by atomic mass is 16.2. The molecule has 0 saturated carbocycles. The Balaban J connectivity index is 4.79. The fourth-order valence-corrected chi connectivity index (χ4v) is 1.51. The minimum atomic E-state index is -0.498. The molecule has 0 aliphatic carbocycles. The number of nitrogens with one attached hydrogen (secondary N) is 2. The molecule has 108 valence electrons. The van der Waals surface area contributed by atoms with Gasteiger partial charge >= 0.3 is 0 Å². The van der Waals surface area contributed by atoms with Crippen LogP contribution in [0.2, 0.25) is 0 Å². The maximum Gasteiger partial charge on any atom is 0.240 e. The van der Waals surface area contributed by atoms with E-state index in [0.717, 1.165) is 6.54 Å². The Morgan fingerprint density at radius 2 is 1.56 bits per heavy atom. The molecule has 0 radical (unpaired) electrons. The van der Waals surface area contributed by atoms with Gasteiger partial charge in [0, 0.05) is 13.1 Å². The highest BCUT2D eigenvalue weighted by Gasteiger charge is 2.37. The normalized spacial score (nSPS) is 15.9. The number of carbonyl (C=O) groups excluding carboxylic acids is 1. The summed E-state index contributed by atoms with van der Waals surface area (Å²) in [7, 11) is 0. The Morgan fingerprint density at radius 1 is 1.06 bits per heavy atom. The molecule has 0 rings (SSSR count). The monoisotopic (exact) mass is 256 g/mol. The summed E-state index contributed by atoms with van der Waals surface area (Å²) in [6, 6.07) is 0. The summed E-state index contributed by atoms with van der Waals surface area (Å²) < 4.78 is 0. The lowest BCUT2D eigenvalue weighted by molar-refractivity contribution is -0.129. The quantitative estimate of drug-likeness (QED) is 0.735. The molecule has 3 nitrogen and oxygen atoms in total. The van der Waals surface area contributed by atoms with Gasteiger partial charge in [-0.15, -0.1) is 0 Å². The van der Waals surface area contributed by atoms with Crippen LogP contribution in [-0.2, 0) is 4.79 Å². The number of hydrogen-bond acceptors (Lipinski definition) is 2. The summed E-state index contributed by atoms with van der Waals surface area (Å²) in [5, 5.41) is 6.42. The third-order valence-electron chi connectivity index (χ3n) is 4.44. The van der Waals surface area contributed by atoms with Gasteiger partial charge < -0.3 is 10.6 Å². The Labute approximate surface area is 113 Å². The standard InChI is InChI=1S/C15H32N2O/c1-9-16-13(18)15(8,12(4)5)17-10-14(6,7)11(2)3/h11-12,17H,9-10H2,1-8H3,(H,16,18). The second-order valence-corrected chi connectivity index (χ2v) is 6.71. The first kappa shape index (κ1) is 17.4. The first-order valence-electron chi connectivity index (χ1n) is 7.11. The molecule has 0 aromatic heterocycles. The summed E-state index contributed by atoms with van der Waals surface area (Å²) in [6.07, 6.45) is 0. The lowest BCUT2D eigenvalue weighted by Gasteiger charge is -2.38. The summed E-state index contributed by atoms with van der Waals surface area (Å²) in [5.74, 6) is 0.933. The predicted molar refractivity (Wildman–Crippen MR) is 78.5 cm³/mol. The maximum atomic E-state index is 12.2. The highest BCUT2D eigenvalue weighted by molar-refractivity contribution is 5.86. The highest BCUT2D eigenvalue weighted by Crippen LogP contribution is 2.27. The number of likely N-dealkylation sites (N-methyl/N-ethyl adjacent to an activating group) is 1. The lowest BCUT2D eigenvalue weighted by Crippen LogP contribution is -2.60. The van der Waals surface area contributed by atoms with E-state index >= 15 is 0 Å². The molecule has 0 spiro atoms. The van der Waals surface area contributed by atoms with Crippen molar-refractivity contribution in [1.82, 2.24) is 10.6 Å². The Bertz CT molecular complexity index is 272. The Hall–Kier alpha value is -0.570. The van der Waals surface area contributed by atoms with E-state index in [0.29, 0.717) is 12.5 Å². The molecule has 1 atom stereocenters. The smallest absolute Gasteiger partial charge is 0.240 e. The summed E-state index contributed by atoms with van der Waals surface area (Å²) in [5.41, 5.74) is -0.315. The molecule has 0 aliphatic rings. The van der Waals surface area contributed by atoms with E-state index in [1.807, 2.05) is 13.8 Å². The molecule has 0 aliphatic heterocycles. The van der Waals surface area contributed by atoms with Crippen molar-refractivity contribution in [2.24, 2.45) is 17.3 Å². The van der Waals surface area contributed by atoms with Gasteiger partial charge in [0.2, 0.25) is 5.91 Å². The van der Waals surface area contributed by atoms with Gasteiger partial charge in [-0.3, -0.25) is 4.79 Å². The van der Waals surface area contributed by atoms with E-state index in [-0.39, 0.29) is 17.2 Å². The lowest BCUT2D eigenvalue weighted by atomic mass is 9.79. The fraction of sp³-hybridized carbons (Fsp3) is 0.933. The summed E-state index contributed by atoms with van der Waals surface area (Å²) in [6.45, 7) is 18.6. The van der Waals surface area contributed by atoms with Crippen molar-refractivity contribution >= 4 is 5.91 Å². The number of carbonyl (C=O) groups is 1. The molecular formula is C15H32N2O. The molecule has 1 unspecified atom stereocenters. The van der Waals surface area contributed by atoms with Crippen LogP contribution in [0.3, 0.4) is 0 Å². The van der Waals surface area contributed by atoms with Crippen LogP contribution in [0.5, 0.6) is 0 Å². The van der Waals surface area contributed by atoms with Crippen molar-refractivity contribution in [1.29, 1.82) is 0 Å². The van der Waals surface area contributed by atoms with Crippen molar-refractivity contribution < 1.29 is 4.79 Å². The SMILES string of the molecule is CCNC(=O)C(C)(NCC(C)(C)C(C)C)C(C)C. The van der Waals surface area contributed by atoms with Crippen LogP contribution in [0.25, 0.3) is 0 Å². The fourth-order valence-electron chi connectivity index (χ4n) is 1.51. The molecule has 0 aromatic rings. The zero-order valence-corrected chi connectivity index (χ0v) is 13.5. The zero-order chi connectivity index (χ0) is 14.6. The van der Waals surface area contributed by atoms with E-state index in [1.54, 1.807) is 0 Å². The number of rotatable bonds is 7. The zero-order valence-electron chi connectivity index (χ0n) is 13.5. The molecule has 1 amide bonds. The van der Waals surface area contributed by atoms with Crippen LogP contribution in [0.1, 0.15) is 55.4 Å². The molecular weight excluding hydrogens is 224 g/mol. The second-order valence-electron chi connectivity index (χ2n) is 6.71. The van der Waals surface area contributed by atoms with Crippen LogP contribution in [-0.4, -0.2) is 24.5 Å². The van der Waals surface area contributed by atoms with Crippen LogP contribution in [0.15, 0.2) is 0 Å². The van der Waals surface area contributed by atoms with Gasteiger partial charge in [0.1, 0.15) is 0 Å². The van der Waals surface area contributed by atoms with E-state index in [4.69, 9.17) is 0 Å². The van der Waals surface area contributed by atoms with Crippen molar-refractivity contribution in [2.75, 3.05) is 13.1 Å².